The summed E-state index contributed by atoms with van der Waals surface area (Å²) in [6, 6.07) is 9.34. The van der Waals surface area contributed by atoms with Gasteiger partial charge in [0, 0.05) is 25.7 Å². The summed E-state index contributed by atoms with van der Waals surface area (Å²) in [5, 5.41) is 0.508. The normalized spacial score (nSPS) is 10.7. The van der Waals surface area contributed by atoms with Crippen LogP contribution in [-0.2, 0) is 13.0 Å². The van der Waals surface area contributed by atoms with E-state index in [1.54, 1.807) is 51.5 Å². The maximum atomic E-state index is 12.9. The molecule has 0 unspecified atom stereocenters. The summed E-state index contributed by atoms with van der Waals surface area (Å²) >= 11 is 0. The van der Waals surface area contributed by atoms with Crippen LogP contribution in [0.4, 0.5) is 0 Å². The fourth-order valence-corrected chi connectivity index (χ4v) is 3.39. The topological polar surface area (TPSA) is 75.0 Å². The van der Waals surface area contributed by atoms with Crippen molar-refractivity contribution in [2.24, 2.45) is 0 Å². The van der Waals surface area contributed by atoms with Gasteiger partial charge < -0.3 is 23.8 Å². The summed E-state index contributed by atoms with van der Waals surface area (Å²) in [5.74, 6) is 2.51. The molecule has 0 radical (unpaired) electrons. The smallest absolute Gasteiger partial charge is 0.261 e. The van der Waals surface area contributed by atoms with Crippen molar-refractivity contribution in [1.29, 1.82) is 0 Å². The second-order valence-corrected chi connectivity index (χ2v) is 7.21. The second-order valence-electron chi connectivity index (χ2n) is 7.21. The number of hydrogen-bond acceptors (Lipinski definition) is 7. The van der Waals surface area contributed by atoms with Crippen molar-refractivity contribution in [3.8, 4) is 23.0 Å². The molecule has 0 spiro atoms. The van der Waals surface area contributed by atoms with Crippen LogP contribution in [0.3, 0.4) is 0 Å². The Kier molecular flexibility index (Phi) is 9.16. The number of hydrogen-bond donors (Lipinski definition) is 0. The molecule has 9 heteroatoms. The average molecular weight is 464 g/mol. The van der Waals surface area contributed by atoms with Crippen molar-refractivity contribution in [3.05, 3.63) is 52.6 Å². The number of benzene rings is 2. The van der Waals surface area contributed by atoms with Gasteiger partial charge >= 0.3 is 0 Å². The summed E-state index contributed by atoms with van der Waals surface area (Å²) in [4.78, 5) is 19.5. The first kappa shape index (κ1) is 25.3. The van der Waals surface area contributed by atoms with Crippen molar-refractivity contribution in [3.63, 3.8) is 0 Å². The number of fused-ring (bicyclic) bond motifs is 1. The van der Waals surface area contributed by atoms with Crippen LogP contribution in [0.2, 0.25) is 0 Å². The van der Waals surface area contributed by atoms with Crippen LogP contribution in [0.5, 0.6) is 23.0 Å². The first-order chi connectivity index (χ1) is 15.0. The van der Waals surface area contributed by atoms with Crippen molar-refractivity contribution < 1.29 is 18.9 Å². The third-order valence-electron chi connectivity index (χ3n) is 5.28. The molecule has 32 heavy (non-hydrogen) atoms. The van der Waals surface area contributed by atoms with Crippen LogP contribution in [0.25, 0.3) is 10.9 Å². The molecule has 0 amide bonds. The average Bonchev–Trinajstić information content (AvgIpc) is 2.81. The zero-order valence-electron chi connectivity index (χ0n) is 19.1. The maximum absolute atomic E-state index is 12.9. The first-order valence-corrected chi connectivity index (χ1v) is 10.0. The Hall–Kier alpha value is -2.97. The summed E-state index contributed by atoms with van der Waals surface area (Å²) < 4.78 is 22.9. The van der Waals surface area contributed by atoms with E-state index < -0.39 is 0 Å². The first-order valence-electron chi connectivity index (χ1n) is 10.0. The van der Waals surface area contributed by atoms with Crippen LogP contribution in [-0.4, -0.2) is 63.0 Å². The number of likely N-dealkylation sites (N-methyl/N-ethyl adjacent to an activating group) is 1. The third kappa shape index (κ3) is 5.63. The molecule has 0 aliphatic rings. The summed E-state index contributed by atoms with van der Waals surface area (Å²) in [6.07, 6.45) is 2.44. The van der Waals surface area contributed by atoms with Crippen molar-refractivity contribution >= 4 is 23.3 Å². The highest BCUT2D eigenvalue weighted by molar-refractivity contribution is 5.85. The third-order valence-corrected chi connectivity index (χ3v) is 5.28. The van der Waals surface area contributed by atoms with Crippen LogP contribution in [0.1, 0.15) is 5.56 Å². The van der Waals surface area contributed by atoms with Gasteiger partial charge in [0.2, 0.25) is 0 Å². The van der Waals surface area contributed by atoms with Gasteiger partial charge in [-0.1, -0.05) is 6.07 Å². The molecular weight excluding hydrogens is 434 g/mol. The Labute approximate surface area is 194 Å². The number of methoxy groups -OCH3 is 4. The van der Waals surface area contributed by atoms with E-state index in [1.807, 2.05) is 25.2 Å². The minimum atomic E-state index is -0.0979. The van der Waals surface area contributed by atoms with E-state index in [2.05, 4.69) is 9.88 Å². The molecule has 0 fully saturated rings. The predicted molar refractivity (Wildman–Crippen MR) is 127 cm³/mol. The van der Waals surface area contributed by atoms with Gasteiger partial charge in [0.25, 0.3) is 5.56 Å². The Morgan fingerprint density at radius 3 is 2.16 bits per heavy atom. The maximum Gasteiger partial charge on any atom is 0.261 e. The van der Waals surface area contributed by atoms with E-state index >= 15 is 0 Å². The molecule has 174 valence electrons. The number of halogens is 1. The van der Waals surface area contributed by atoms with E-state index in [0.717, 1.165) is 30.0 Å². The molecule has 3 rings (SSSR count). The summed E-state index contributed by atoms with van der Waals surface area (Å²) in [6.45, 7) is 2.10. The zero-order chi connectivity index (χ0) is 22.4. The lowest BCUT2D eigenvalue weighted by molar-refractivity contribution is 0.319. The molecule has 0 N–H and O–H groups in total. The number of aromatic nitrogens is 2. The highest BCUT2D eigenvalue weighted by Gasteiger charge is 2.12. The molecule has 2 aromatic carbocycles. The number of rotatable bonds is 10. The zero-order valence-corrected chi connectivity index (χ0v) is 19.9. The van der Waals surface area contributed by atoms with Gasteiger partial charge in [0.1, 0.15) is 0 Å². The lowest BCUT2D eigenvalue weighted by Gasteiger charge is -2.18. The molecule has 3 aromatic rings. The Morgan fingerprint density at radius 2 is 1.50 bits per heavy atom. The van der Waals surface area contributed by atoms with Crippen molar-refractivity contribution in [2.45, 2.75) is 13.0 Å². The van der Waals surface area contributed by atoms with Crippen LogP contribution >= 0.6 is 12.4 Å². The number of ether oxygens (including phenoxy) is 4. The van der Waals surface area contributed by atoms with Gasteiger partial charge in [-0.25, -0.2) is 4.98 Å². The van der Waals surface area contributed by atoms with Crippen LogP contribution < -0.4 is 24.5 Å². The quantitative estimate of drug-likeness (QED) is 0.457. The second kappa shape index (κ2) is 11.6. The standard InChI is InChI=1S/C23H29N3O5.ClH/c1-25(9-8-16-6-7-19(28-2)20(12-16)29-3)10-11-26-15-24-18-14-22(31-5)21(30-4)13-17(18)23(26)27;/h6-7,12-15H,8-11H2,1-5H3;1H. The van der Waals surface area contributed by atoms with E-state index in [9.17, 15) is 4.79 Å². The molecule has 0 atom stereocenters. The fourth-order valence-electron chi connectivity index (χ4n) is 3.39. The molecular formula is C23H30ClN3O5. The molecule has 0 bridgehead atoms. The molecule has 0 saturated heterocycles. The van der Waals surface area contributed by atoms with Crippen LogP contribution in [0.15, 0.2) is 41.5 Å². The highest BCUT2D eigenvalue weighted by atomic mass is 35.5. The minimum Gasteiger partial charge on any atom is -0.493 e. The molecule has 1 aromatic heterocycles. The highest BCUT2D eigenvalue weighted by Crippen LogP contribution is 2.30. The molecule has 0 saturated carbocycles. The number of nitrogens with zero attached hydrogens (tertiary/aromatic N) is 3. The van der Waals surface area contributed by atoms with E-state index in [4.69, 9.17) is 18.9 Å². The SMILES string of the molecule is COc1ccc(CCN(C)CCn2cnc3cc(OC)c(OC)cc3c2=O)cc1OC.Cl. The Morgan fingerprint density at radius 1 is 0.875 bits per heavy atom. The van der Waals surface area contributed by atoms with E-state index in [0.29, 0.717) is 35.5 Å². The summed E-state index contributed by atoms with van der Waals surface area (Å²) in [5.41, 5.74) is 1.65. The van der Waals surface area contributed by atoms with Crippen molar-refractivity contribution in [2.75, 3.05) is 48.6 Å². The minimum absolute atomic E-state index is 0. The fraction of sp³-hybridized carbons (Fsp3) is 0.391. The summed E-state index contributed by atoms with van der Waals surface area (Å²) in [7, 11) is 8.40. The van der Waals surface area contributed by atoms with Crippen LogP contribution in [0, 0.1) is 0 Å². The molecule has 0 aliphatic heterocycles. The Balaban J connectivity index is 0.00000363. The van der Waals surface area contributed by atoms with Gasteiger partial charge in [-0.2, -0.15) is 0 Å². The lowest BCUT2D eigenvalue weighted by Crippen LogP contribution is -2.30. The molecule has 0 aliphatic carbocycles. The predicted octanol–water partition coefficient (Wildman–Crippen LogP) is 3.03. The monoisotopic (exact) mass is 463 g/mol. The molecule has 8 nitrogen and oxygen atoms in total. The van der Waals surface area contributed by atoms with Gasteiger partial charge in [-0.3, -0.25) is 9.36 Å². The van der Waals surface area contributed by atoms with Gasteiger partial charge in [-0.05, 0) is 37.2 Å². The largest absolute Gasteiger partial charge is 0.493 e. The van der Waals surface area contributed by atoms with E-state index in [1.165, 1.54) is 0 Å². The van der Waals surface area contributed by atoms with E-state index in [-0.39, 0.29) is 18.0 Å². The van der Waals surface area contributed by atoms with Crippen molar-refractivity contribution in [1.82, 2.24) is 14.5 Å². The Bertz CT molecular complexity index is 1100. The van der Waals surface area contributed by atoms with Gasteiger partial charge in [0.15, 0.2) is 23.0 Å². The lowest BCUT2D eigenvalue weighted by atomic mass is 10.1. The molecule has 1 heterocycles. The van der Waals surface area contributed by atoms with Gasteiger partial charge in [0.05, 0.1) is 45.7 Å². The van der Waals surface area contributed by atoms with Gasteiger partial charge in [-0.15, -0.1) is 12.4 Å².